The van der Waals surface area contributed by atoms with Crippen LogP contribution in [-0.2, 0) is 16.1 Å². The van der Waals surface area contributed by atoms with Gasteiger partial charge in [0, 0.05) is 25.2 Å². The highest BCUT2D eigenvalue weighted by Gasteiger charge is 2.24. The van der Waals surface area contributed by atoms with Gasteiger partial charge in [0.1, 0.15) is 23.7 Å². The average Bonchev–Trinajstić information content (AvgIpc) is 3.34. The molecule has 1 aromatic carbocycles. The number of ether oxygens (including phenoxy) is 2. The second-order valence-corrected chi connectivity index (χ2v) is 6.40. The van der Waals surface area contributed by atoms with Crippen molar-refractivity contribution in [2.45, 2.75) is 26.4 Å². The van der Waals surface area contributed by atoms with Crippen LogP contribution in [0.1, 0.15) is 45.1 Å². The highest BCUT2D eigenvalue weighted by atomic mass is 16.6. The molecule has 0 atom stereocenters. The van der Waals surface area contributed by atoms with Crippen molar-refractivity contribution in [3.63, 3.8) is 0 Å². The summed E-state index contributed by atoms with van der Waals surface area (Å²) in [7, 11) is 1.26. The predicted molar refractivity (Wildman–Crippen MR) is 98.4 cm³/mol. The van der Waals surface area contributed by atoms with Crippen LogP contribution < -0.4 is 4.90 Å². The maximum Gasteiger partial charge on any atom is 0.341 e. The average molecular weight is 388 g/mol. The number of furan rings is 1. The molecule has 3 rings (SSSR count). The Morgan fingerprint density at radius 3 is 2.54 bits per heavy atom. The van der Waals surface area contributed by atoms with Gasteiger partial charge in [-0.2, -0.15) is 0 Å². The molecular formula is C19H20N2O7. The summed E-state index contributed by atoms with van der Waals surface area (Å²) in [6.07, 6.45) is 1.99. The Bertz CT molecular complexity index is 913. The van der Waals surface area contributed by atoms with Crippen molar-refractivity contribution in [2.75, 3.05) is 25.1 Å². The fraction of sp³-hybridized carbons (Fsp3) is 0.368. The van der Waals surface area contributed by atoms with Gasteiger partial charge in [0.05, 0.1) is 23.3 Å². The first kappa shape index (κ1) is 19.4. The lowest BCUT2D eigenvalue weighted by Gasteiger charge is -2.20. The Balaban J connectivity index is 1.80. The van der Waals surface area contributed by atoms with E-state index >= 15 is 0 Å². The summed E-state index contributed by atoms with van der Waals surface area (Å²) in [5, 5.41) is 11.1. The van der Waals surface area contributed by atoms with Crippen LogP contribution in [0.2, 0.25) is 0 Å². The van der Waals surface area contributed by atoms with Gasteiger partial charge >= 0.3 is 11.9 Å². The van der Waals surface area contributed by atoms with Crippen molar-refractivity contribution in [3.05, 3.63) is 57.0 Å². The largest absolute Gasteiger partial charge is 0.465 e. The zero-order valence-corrected chi connectivity index (χ0v) is 15.6. The molecule has 2 aromatic rings. The number of anilines is 1. The maximum atomic E-state index is 12.6. The second kappa shape index (κ2) is 8.12. The molecule has 0 radical (unpaired) electrons. The molecule has 1 aromatic heterocycles. The zero-order valence-electron chi connectivity index (χ0n) is 15.6. The molecule has 0 aliphatic carbocycles. The lowest BCUT2D eigenvalue weighted by atomic mass is 10.1. The van der Waals surface area contributed by atoms with Gasteiger partial charge in [0.25, 0.3) is 5.69 Å². The highest BCUT2D eigenvalue weighted by molar-refractivity contribution is 5.97. The molecule has 1 aliphatic rings. The molecule has 1 saturated heterocycles. The SMILES string of the molecule is COC(=O)c1cc(COC(=O)c2cc([N+](=O)[O-])ccc2N2CCCC2)oc1C. The van der Waals surface area contributed by atoms with E-state index in [9.17, 15) is 19.7 Å². The number of nitro benzene ring substituents is 1. The number of benzene rings is 1. The number of carbonyl (C=O) groups excluding carboxylic acids is 2. The van der Waals surface area contributed by atoms with E-state index in [-0.39, 0.29) is 29.2 Å². The van der Waals surface area contributed by atoms with Gasteiger partial charge in [0.2, 0.25) is 0 Å². The molecule has 1 fully saturated rings. The van der Waals surface area contributed by atoms with Crippen molar-refractivity contribution >= 4 is 23.3 Å². The molecule has 28 heavy (non-hydrogen) atoms. The molecule has 0 bridgehead atoms. The van der Waals surface area contributed by atoms with Crippen LogP contribution in [0.15, 0.2) is 28.7 Å². The van der Waals surface area contributed by atoms with Crippen LogP contribution in [0.5, 0.6) is 0 Å². The van der Waals surface area contributed by atoms with Gasteiger partial charge < -0.3 is 18.8 Å². The summed E-state index contributed by atoms with van der Waals surface area (Å²) in [6.45, 7) is 2.94. The number of hydrogen-bond acceptors (Lipinski definition) is 8. The van der Waals surface area contributed by atoms with E-state index < -0.39 is 16.9 Å². The zero-order chi connectivity index (χ0) is 20.3. The van der Waals surface area contributed by atoms with Crippen molar-refractivity contribution < 1.29 is 28.4 Å². The lowest BCUT2D eigenvalue weighted by Crippen LogP contribution is -2.21. The summed E-state index contributed by atoms with van der Waals surface area (Å²) < 4.78 is 15.4. The third-order valence-corrected chi connectivity index (χ3v) is 4.58. The first-order valence-electron chi connectivity index (χ1n) is 8.79. The Morgan fingerprint density at radius 2 is 1.89 bits per heavy atom. The fourth-order valence-electron chi connectivity index (χ4n) is 3.18. The number of carbonyl (C=O) groups is 2. The van der Waals surface area contributed by atoms with Gasteiger partial charge in [-0.3, -0.25) is 10.1 Å². The van der Waals surface area contributed by atoms with E-state index in [1.54, 1.807) is 13.0 Å². The standard InChI is InChI=1S/C19H20N2O7/c1-12-15(18(22)26-2)10-14(28-12)11-27-19(23)16-9-13(21(24)25)5-6-17(16)20-7-3-4-8-20/h5-6,9-10H,3-4,7-8,11H2,1-2H3. The molecule has 9 nitrogen and oxygen atoms in total. The van der Waals surface area contributed by atoms with Gasteiger partial charge in [-0.05, 0) is 31.9 Å². The molecule has 9 heteroatoms. The topological polar surface area (TPSA) is 112 Å². The van der Waals surface area contributed by atoms with E-state index in [4.69, 9.17) is 9.15 Å². The number of non-ortho nitro benzene ring substituents is 1. The highest BCUT2D eigenvalue weighted by Crippen LogP contribution is 2.29. The minimum Gasteiger partial charge on any atom is -0.465 e. The summed E-state index contributed by atoms with van der Waals surface area (Å²) in [6, 6.07) is 5.63. The number of rotatable bonds is 6. The molecule has 2 heterocycles. The number of hydrogen-bond donors (Lipinski definition) is 0. The van der Waals surface area contributed by atoms with Crippen molar-refractivity contribution in [1.29, 1.82) is 0 Å². The number of nitrogens with zero attached hydrogens (tertiary/aromatic N) is 2. The van der Waals surface area contributed by atoms with Crippen LogP contribution in [0.25, 0.3) is 0 Å². The Hall–Kier alpha value is -3.36. The minimum atomic E-state index is -0.695. The summed E-state index contributed by atoms with van der Waals surface area (Å²) in [5.74, 6) is -0.612. The third-order valence-electron chi connectivity index (χ3n) is 4.58. The van der Waals surface area contributed by atoms with Gasteiger partial charge in [-0.15, -0.1) is 0 Å². The molecule has 0 spiro atoms. The fourth-order valence-corrected chi connectivity index (χ4v) is 3.18. The van der Waals surface area contributed by atoms with Crippen molar-refractivity contribution in [3.8, 4) is 0 Å². The monoisotopic (exact) mass is 388 g/mol. The summed E-state index contributed by atoms with van der Waals surface area (Å²) in [4.78, 5) is 36.8. The van der Waals surface area contributed by atoms with Crippen LogP contribution in [0, 0.1) is 17.0 Å². The Kier molecular flexibility index (Phi) is 5.62. The number of aryl methyl sites for hydroxylation is 1. The number of nitro groups is 1. The normalized spacial score (nSPS) is 13.4. The van der Waals surface area contributed by atoms with E-state index in [0.717, 1.165) is 25.9 Å². The van der Waals surface area contributed by atoms with Crippen LogP contribution in [-0.4, -0.2) is 37.1 Å². The molecular weight excluding hydrogens is 368 g/mol. The first-order chi connectivity index (χ1) is 13.4. The van der Waals surface area contributed by atoms with E-state index in [1.807, 2.05) is 4.90 Å². The molecule has 0 amide bonds. The van der Waals surface area contributed by atoms with Gasteiger partial charge in [-0.25, -0.2) is 9.59 Å². The molecule has 0 unspecified atom stereocenters. The van der Waals surface area contributed by atoms with Crippen molar-refractivity contribution in [1.82, 2.24) is 0 Å². The third kappa shape index (κ3) is 3.98. The van der Waals surface area contributed by atoms with Crippen molar-refractivity contribution in [2.24, 2.45) is 0 Å². The number of esters is 2. The van der Waals surface area contributed by atoms with E-state index in [1.165, 1.54) is 25.3 Å². The Labute approximate surface area is 161 Å². The molecule has 0 N–H and O–H groups in total. The lowest BCUT2D eigenvalue weighted by molar-refractivity contribution is -0.384. The van der Waals surface area contributed by atoms with Crippen LogP contribution in [0.3, 0.4) is 0 Å². The maximum absolute atomic E-state index is 12.6. The smallest absolute Gasteiger partial charge is 0.341 e. The quantitative estimate of drug-likeness (QED) is 0.421. The minimum absolute atomic E-state index is 0.132. The van der Waals surface area contributed by atoms with Gasteiger partial charge in [-0.1, -0.05) is 0 Å². The van der Waals surface area contributed by atoms with E-state index in [0.29, 0.717) is 11.4 Å². The molecule has 148 valence electrons. The van der Waals surface area contributed by atoms with E-state index in [2.05, 4.69) is 4.74 Å². The first-order valence-corrected chi connectivity index (χ1v) is 8.79. The number of methoxy groups -OCH3 is 1. The van der Waals surface area contributed by atoms with Gasteiger partial charge in [0.15, 0.2) is 0 Å². The molecule has 0 saturated carbocycles. The van der Waals surface area contributed by atoms with Crippen LogP contribution in [0.4, 0.5) is 11.4 Å². The second-order valence-electron chi connectivity index (χ2n) is 6.40. The Morgan fingerprint density at radius 1 is 1.18 bits per heavy atom. The van der Waals surface area contributed by atoms with Crippen LogP contribution >= 0.6 is 0 Å². The summed E-state index contributed by atoms with van der Waals surface area (Å²) >= 11 is 0. The summed E-state index contributed by atoms with van der Waals surface area (Å²) in [5.41, 5.74) is 0.810. The predicted octanol–water partition coefficient (Wildman–Crippen LogP) is 3.24. The molecule has 1 aliphatic heterocycles.